The first-order chi connectivity index (χ1) is 11.9. The molecule has 0 aromatic carbocycles. The number of amides is 1. The number of aliphatic carboxylic acids is 1. The Labute approximate surface area is 148 Å². The normalized spacial score (nSPS) is 22.8. The van der Waals surface area contributed by atoms with E-state index in [0.29, 0.717) is 30.2 Å². The van der Waals surface area contributed by atoms with Crippen LogP contribution in [0.2, 0.25) is 0 Å². The lowest BCUT2D eigenvalue weighted by molar-refractivity contribution is -0.161. The van der Waals surface area contributed by atoms with Crippen LogP contribution in [0.25, 0.3) is 10.4 Å². The minimum Gasteiger partial charge on any atom is -0.477 e. The minimum atomic E-state index is -1.14. The van der Waals surface area contributed by atoms with Crippen molar-refractivity contribution >= 4 is 30.0 Å². The molecule has 3 atom stereocenters. The van der Waals surface area contributed by atoms with E-state index in [2.05, 4.69) is 10.0 Å². The molecule has 0 bridgehead atoms. The second-order valence-electron chi connectivity index (χ2n) is 5.79. The maximum Gasteiger partial charge on any atom is 0.353 e. The quantitative estimate of drug-likeness (QED) is 0.130. The molecule has 11 heteroatoms. The second kappa shape index (κ2) is 8.24. The van der Waals surface area contributed by atoms with Gasteiger partial charge in [0.15, 0.2) is 0 Å². The van der Waals surface area contributed by atoms with E-state index in [1.165, 1.54) is 23.6 Å². The summed E-state index contributed by atoms with van der Waals surface area (Å²) in [4.78, 5) is 29.8. The summed E-state index contributed by atoms with van der Waals surface area (Å²) in [7, 11) is 0. The smallest absolute Gasteiger partial charge is 0.353 e. The number of rotatable bonds is 10. The Hall–Kier alpha value is -2.23. The van der Waals surface area contributed by atoms with Crippen molar-refractivity contribution in [2.45, 2.75) is 25.5 Å². The topological polar surface area (TPSA) is 154 Å². The van der Waals surface area contributed by atoms with E-state index in [4.69, 9.17) is 10.9 Å². The van der Waals surface area contributed by atoms with Crippen LogP contribution in [0.4, 0.5) is 0 Å². The summed E-state index contributed by atoms with van der Waals surface area (Å²) in [6.45, 7) is 2.69. The Kier molecular flexibility index (Phi) is 6.29. The molecule has 2 heterocycles. The molecular formula is C14H20N6O4S. The minimum absolute atomic E-state index is 0.00684. The molecule has 1 amide bonds. The van der Waals surface area contributed by atoms with Gasteiger partial charge in [0.05, 0.1) is 24.4 Å². The number of carboxylic acids is 1. The Balaban J connectivity index is 1.97. The highest BCUT2D eigenvalue weighted by Gasteiger charge is 2.56. The Bertz CT molecular complexity index is 645. The first-order valence-corrected chi connectivity index (χ1v) is 8.76. The summed E-state index contributed by atoms with van der Waals surface area (Å²) in [6.07, 6.45) is 0.772. The first-order valence-electron chi connectivity index (χ1n) is 7.78. The highest BCUT2D eigenvalue weighted by molar-refractivity contribution is 8.03. The Morgan fingerprint density at radius 2 is 2.36 bits per heavy atom. The molecule has 0 aromatic rings. The van der Waals surface area contributed by atoms with Gasteiger partial charge in [-0.2, -0.15) is 0 Å². The van der Waals surface area contributed by atoms with E-state index in [0.717, 1.165) is 6.34 Å². The van der Waals surface area contributed by atoms with Crippen molar-refractivity contribution in [2.24, 2.45) is 11.0 Å². The van der Waals surface area contributed by atoms with Gasteiger partial charge in [0.2, 0.25) is 5.91 Å². The van der Waals surface area contributed by atoms with Gasteiger partial charge in [-0.25, -0.2) is 4.79 Å². The number of hydrogen-bond donors (Lipinski definition) is 3. The van der Waals surface area contributed by atoms with Crippen molar-refractivity contribution in [3.05, 3.63) is 21.0 Å². The van der Waals surface area contributed by atoms with E-state index < -0.39 is 18.0 Å². The van der Waals surface area contributed by atoms with Gasteiger partial charge in [0, 0.05) is 41.6 Å². The molecule has 2 aliphatic rings. The maximum atomic E-state index is 12.1. The zero-order valence-electron chi connectivity index (χ0n) is 13.7. The van der Waals surface area contributed by atoms with Crippen LogP contribution in [0.5, 0.6) is 0 Å². The van der Waals surface area contributed by atoms with Gasteiger partial charge >= 0.3 is 5.97 Å². The zero-order valence-corrected chi connectivity index (χ0v) is 14.5. The van der Waals surface area contributed by atoms with Crippen molar-refractivity contribution in [1.29, 1.82) is 5.41 Å². The van der Waals surface area contributed by atoms with Crippen LogP contribution in [0.3, 0.4) is 0 Å². The molecule has 0 unspecified atom stereocenters. The summed E-state index contributed by atoms with van der Waals surface area (Å²) in [5, 5.41) is 29.9. The molecule has 136 valence electrons. The first kappa shape index (κ1) is 19.1. The molecule has 2 rings (SSSR count). The van der Waals surface area contributed by atoms with Crippen molar-refractivity contribution in [2.75, 3.05) is 25.4 Å². The average molecular weight is 368 g/mol. The molecule has 0 spiro atoms. The molecule has 0 aromatic heterocycles. The van der Waals surface area contributed by atoms with Crippen molar-refractivity contribution in [3.63, 3.8) is 0 Å². The number of β-lactam (4-membered cyclic amide) rings is 1. The van der Waals surface area contributed by atoms with E-state index >= 15 is 0 Å². The number of hydrogen-bond acceptors (Lipinski definition) is 6. The van der Waals surface area contributed by atoms with E-state index in [1.807, 2.05) is 0 Å². The number of azide groups is 1. The van der Waals surface area contributed by atoms with Crippen LogP contribution in [0.15, 0.2) is 15.7 Å². The number of carbonyl (C=O) groups is 2. The lowest BCUT2D eigenvalue weighted by Gasteiger charge is -2.44. The fourth-order valence-corrected chi connectivity index (χ4v) is 4.29. The summed E-state index contributed by atoms with van der Waals surface area (Å²) < 4.78 is 0. The van der Waals surface area contributed by atoms with Gasteiger partial charge in [-0.15, -0.1) is 11.8 Å². The average Bonchev–Trinajstić information content (AvgIpc) is 2.87. The predicted molar refractivity (Wildman–Crippen MR) is 91.9 cm³/mol. The van der Waals surface area contributed by atoms with E-state index in [1.54, 1.807) is 4.90 Å². The van der Waals surface area contributed by atoms with Crippen LogP contribution in [-0.2, 0) is 9.59 Å². The third kappa shape index (κ3) is 3.89. The summed E-state index contributed by atoms with van der Waals surface area (Å²) in [6, 6.07) is -0.287. The SMILES string of the molecule is C[C@@H](O)[C@H]1C(=O)N2C(C(=O)O)=C(SCCN(C=N)CCN=[N+]=[N-])C[C@H]12. The number of fused-ring (bicyclic) bond motifs is 1. The standard InChI is InChI=1S/C14H20N6O4S/c1-8(21)11-9-6-10(12(14(23)24)20(9)13(11)22)25-5-4-19(7-15)3-2-17-18-16/h7-9,11,15,21H,2-6H2,1H3,(H,23,24)/t8-,9-,11-/m1/s1. The van der Waals surface area contributed by atoms with Gasteiger partial charge in [-0.1, -0.05) is 5.11 Å². The molecule has 3 N–H and O–H groups in total. The molecule has 0 aliphatic carbocycles. The number of nitrogens with one attached hydrogen (secondary N) is 1. The van der Waals surface area contributed by atoms with E-state index in [9.17, 15) is 19.8 Å². The molecule has 0 saturated carbocycles. The van der Waals surface area contributed by atoms with Gasteiger partial charge in [-0.05, 0) is 12.5 Å². The Morgan fingerprint density at radius 1 is 1.64 bits per heavy atom. The van der Waals surface area contributed by atoms with E-state index in [-0.39, 0.29) is 24.2 Å². The molecule has 1 saturated heterocycles. The predicted octanol–water partition coefficient (Wildman–Crippen LogP) is 0.847. The molecule has 25 heavy (non-hydrogen) atoms. The summed E-state index contributed by atoms with van der Waals surface area (Å²) in [5.41, 5.74) is 8.26. The fraction of sp³-hybridized carbons (Fsp3) is 0.643. The highest BCUT2D eigenvalue weighted by Crippen LogP contribution is 2.46. The van der Waals surface area contributed by atoms with Crippen molar-refractivity contribution in [1.82, 2.24) is 9.80 Å². The van der Waals surface area contributed by atoms with Gasteiger partial charge in [0.25, 0.3) is 0 Å². The maximum absolute atomic E-state index is 12.1. The van der Waals surface area contributed by atoms with Crippen molar-refractivity contribution < 1.29 is 19.8 Å². The summed E-state index contributed by atoms with van der Waals surface area (Å²) in [5.74, 6) is -1.50. The molecule has 0 radical (unpaired) electrons. The third-order valence-corrected chi connectivity index (χ3v) is 5.37. The lowest BCUT2D eigenvalue weighted by Crippen LogP contribution is -2.61. The molecule has 1 fully saturated rings. The summed E-state index contributed by atoms with van der Waals surface area (Å²) >= 11 is 1.34. The fourth-order valence-electron chi connectivity index (χ4n) is 3.10. The van der Waals surface area contributed by atoms with Crippen LogP contribution >= 0.6 is 11.8 Å². The molecule has 2 aliphatic heterocycles. The molecule has 10 nitrogen and oxygen atoms in total. The number of aliphatic hydroxyl groups is 1. The highest BCUT2D eigenvalue weighted by atomic mass is 32.2. The van der Waals surface area contributed by atoms with Crippen LogP contribution in [-0.4, -0.2) is 75.8 Å². The monoisotopic (exact) mass is 368 g/mol. The van der Waals surface area contributed by atoms with Gasteiger partial charge in [0.1, 0.15) is 5.70 Å². The lowest BCUT2D eigenvalue weighted by atomic mass is 9.83. The number of carbonyl (C=O) groups excluding carboxylic acids is 1. The van der Waals surface area contributed by atoms with Gasteiger partial charge in [-0.3, -0.25) is 10.2 Å². The third-order valence-electron chi connectivity index (χ3n) is 4.28. The second-order valence-corrected chi connectivity index (χ2v) is 6.98. The Morgan fingerprint density at radius 3 is 2.92 bits per heavy atom. The van der Waals surface area contributed by atoms with Gasteiger partial charge < -0.3 is 20.0 Å². The number of thioether (sulfide) groups is 1. The van der Waals surface area contributed by atoms with Crippen LogP contribution in [0, 0.1) is 11.3 Å². The van der Waals surface area contributed by atoms with Crippen LogP contribution in [0.1, 0.15) is 13.3 Å². The van der Waals surface area contributed by atoms with Crippen molar-refractivity contribution in [3.8, 4) is 0 Å². The largest absolute Gasteiger partial charge is 0.477 e. The molecular weight excluding hydrogens is 348 g/mol. The number of aliphatic hydroxyl groups excluding tert-OH is 1. The number of nitrogens with zero attached hydrogens (tertiary/aromatic N) is 5. The number of carboxylic acid groups (broad SMARTS) is 1. The zero-order chi connectivity index (χ0) is 18.6. The van der Waals surface area contributed by atoms with Crippen LogP contribution < -0.4 is 0 Å².